The van der Waals surface area contributed by atoms with E-state index >= 15 is 0 Å². The molecule has 0 spiro atoms. The Labute approximate surface area is 81.3 Å². The molecule has 1 aromatic heterocycles. The largest absolute Gasteiger partial charge is 0.481 e. The lowest BCUT2D eigenvalue weighted by molar-refractivity contribution is -0.135. The molecule has 14 heavy (non-hydrogen) atoms. The van der Waals surface area contributed by atoms with E-state index in [1.807, 2.05) is 6.92 Å². The van der Waals surface area contributed by atoms with Crippen molar-refractivity contribution >= 4 is 11.8 Å². The lowest BCUT2D eigenvalue weighted by Gasteiger charge is -2.00. The number of carbonyl (C=O) groups excluding carboxylic acids is 1. The molecular weight excluding hydrogens is 184 g/mol. The Morgan fingerprint density at radius 2 is 2.21 bits per heavy atom. The highest BCUT2D eigenvalue weighted by Gasteiger charge is 2.15. The van der Waals surface area contributed by atoms with Crippen LogP contribution in [0.2, 0.25) is 0 Å². The summed E-state index contributed by atoms with van der Waals surface area (Å²) in [4.78, 5) is 21.7. The Bertz CT molecular complexity index is 368. The number of carboxylic acids is 1. The first-order chi connectivity index (χ1) is 6.54. The molecule has 1 N–H and O–H groups in total. The minimum atomic E-state index is -1.11. The number of rotatable bonds is 4. The highest BCUT2D eigenvalue weighted by Crippen LogP contribution is 2.06. The summed E-state index contributed by atoms with van der Waals surface area (Å²) in [6.07, 6.45) is -0.481. The number of hydrogen-bond donors (Lipinski definition) is 1. The van der Waals surface area contributed by atoms with Crippen molar-refractivity contribution in [3.05, 3.63) is 17.5 Å². The fraction of sp³-hybridized carbons (Fsp3) is 0.444. The third-order valence-electron chi connectivity index (χ3n) is 1.80. The normalized spacial score (nSPS) is 10.1. The van der Waals surface area contributed by atoms with Crippen LogP contribution in [0.5, 0.6) is 0 Å². The molecule has 0 amide bonds. The van der Waals surface area contributed by atoms with Gasteiger partial charge in [-0.25, -0.2) is 0 Å². The summed E-state index contributed by atoms with van der Waals surface area (Å²) in [5, 5.41) is 12.5. The van der Waals surface area contributed by atoms with Gasteiger partial charge in [-0.3, -0.25) is 14.3 Å². The van der Waals surface area contributed by atoms with Crippen LogP contribution in [0.25, 0.3) is 0 Å². The molecule has 0 radical (unpaired) electrons. The Balaban J connectivity index is 2.93. The van der Waals surface area contributed by atoms with Crippen LogP contribution >= 0.6 is 0 Å². The topological polar surface area (TPSA) is 72.2 Å². The fourth-order valence-corrected chi connectivity index (χ4v) is 1.24. The second kappa shape index (κ2) is 4.04. The summed E-state index contributed by atoms with van der Waals surface area (Å²) in [5.74, 6) is -1.52. The second-order valence-corrected chi connectivity index (χ2v) is 2.98. The van der Waals surface area contributed by atoms with Crippen LogP contribution in [-0.4, -0.2) is 26.6 Å². The van der Waals surface area contributed by atoms with Crippen molar-refractivity contribution in [3.63, 3.8) is 0 Å². The van der Waals surface area contributed by atoms with Crippen LogP contribution in [0.15, 0.2) is 6.07 Å². The monoisotopic (exact) mass is 196 g/mol. The van der Waals surface area contributed by atoms with E-state index in [1.165, 1.54) is 4.68 Å². The van der Waals surface area contributed by atoms with Gasteiger partial charge in [-0.1, -0.05) is 0 Å². The Morgan fingerprint density at radius 3 is 2.71 bits per heavy atom. The van der Waals surface area contributed by atoms with Crippen molar-refractivity contribution in [2.45, 2.75) is 26.8 Å². The van der Waals surface area contributed by atoms with Crippen LogP contribution < -0.4 is 0 Å². The van der Waals surface area contributed by atoms with Gasteiger partial charge in [-0.15, -0.1) is 0 Å². The van der Waals surface area contributed by atoms with Crippen LogP contribution in [0, 0.1) is 6.92 Å². The molecule has 0 aliphatic rings. The van der Waals surface area contributed by atoms with Gasteiger partial charge in [0.15, 0.2) is 5.78 Å². The molecule has 0 aromatic carbocycles. The summed E-state index contributed by atoms with van der Waals surface area (Å²) in [6, 6.07) is 1.61. The van der Waals surface area contributed by atoms with Gasteiger partial charge in [0.1, 0.15) is 12.1 Å². The quantitative estimate of drug-likeness (QED) is 0.572. The maximum Gasteiger partial charge on any atom is 0.311 e. The number of carboxylic acid groups (broad SMARTS) is 1. The zero-order chi connectivity index (χ0) is 10.7. The summed E-state index contributed by atoms with van der Waals surface area (Å²) >= 11 is 0. The first kappa shape index (κ1) is 10.4. The van der Waals surface area contributed by atoms with Gasteiger partial charge in [0.05, 0.1) is 5.69 Å². The third kappa shape index (κ3) is 2.18. The van der Waals surface area contributed by atoms with Crippen LogP contribution in [0.3, 0.4) is 0 Å². The van der Waals surface area contributed by atoms with Gasteiger partial charge in [-0.2, -0.15) is 5.10 Å². The van der Waals surface area contributed by atoms with E-state index < -0.39 is 18.2 Å². The molecule has 0 aliphatic heterocycles. The molecule has 1 rings (SSSR count). The van der Waals surface area contributed by atoms with Gasteiger partial charge < -0.3 is 5.11 Å². The van der Waals surface area contributed by atoms with Gasteiger partial charge in [-0.05, 0) is 19.9 Å². The van der Waals surface area contributed by atoms with Crippen molar-refractivity contribution in [3.8, 4) is 0 Å². The van der Waals surface area contributed by atoms with Crippen molar-refractivity contribution in [2.75, 3.05) is 0 Å². The summed E-state index contributed by atoms with van der Waals surface area (Å²) in [6.45, 7) is 4.18. The highest BCUT2D eigenvalue weighted by atomic mass is 16.4. The zero-order valence-corrected chi connectivity index (χ0v) is 8.15. The number of ketones is 1. The van der Waals surface area contributed by atoms with Crippen molar-refractivity contribution in [2.24, 2.45) is 0 Å². The van der Waals surface area contributed by atoms with E-state index in [0.717, 1.165) is 5.69 Å². The molecule has 0 unspecified atom stereocenters. The first-order valence-corrected chi connectivity index (χ1v) is 4.34. The molecule has 1 heterocycles. The molecule has 5 heteroatoms. The molecule has 0 fully saturated rings. The molecule has 0 aliphatic carbocycles. The summed E-state index contributed by atoms with van der Waals surface area (Å²) in [7, 11) is 0. The Kier molecular flexibility index (Phi) is 3.01. The van der Waals surface area contributed by atoms with Crippen molar-refractivity contribution in [1.82, 2.24) is 9.78 Å². The van der Waals surface area contributed by atoms with E-state index in [1.54, 1.807) is 13.0 Å². The minimum absolute atomic E-state index is 0.368. The van der Waals surface area contributed by atoms with Crippen LogP contribution in [-0.2, 0) is 11.3 Å². The number of hydrogen-bond acceptors (Lipinski definition) is 3. The maximum absolute atomic E-state index is 11.4. The Hall–Kier alpha value is -1.65. The van der Waals surface area contributed by atoms with Gasteiger partial charge in [0.2, 0.25) is 0 Å². The molecule has 0 atom stereocenters. The predicted molar refractivity (Wildman–Crippen MR) is 49.2 cm³/mol. The number of nitrogens with zero attached hydrogens (tertiary/aromatic N) is 2. The van der Waals surface area contributed by atoms with E-state index in [4.69, 9.17) is 5.11 Å². The van der Waals surface area contributed by atoms with Crippen LogP contribution in [0.4, 0.5) is 0 Å². The molecule has 1 aromatic rings. The standard InChI is InChI=1S/C9H12N2O3/c1-3-11-7(4-6(2)10-11)8(12)5-9(13)14/h4H,3,5H2,1-2H3,(H,13,14). The molecule has 76 valence electrons. The lowest BCUT2D eigenvalue weighted by Crippen LogP contribution is -2.13. The van der Waals surface area contributed by atoms with E-state index in [2.05, 4.69) is 5.10 Å². The van der Waals surface area contributed by atoms with Gasteiger partial charge in [0, 0.05) is 6.54 Å². The molecular formula is C9H12N2O3. The molecule has 0 saturated carbocycles. The number of Topliss-reactive ketones (excluding diaryl/α,β-unsaturated/α-hetero) is 1. The lowest BCUT2D eigenvalue weighted by atomic mass is 10.2. The molecule has 0 bridgehead atoms. The maximum atomic E-state index is 11.4. The van der Waals surface area contributed by atoms with Gasteiger partial charge in [0.25, 0.3) is 0 Å². The van der Waals surface area contributed by atoms with E-state index in [-0.39, 0.29) is 0 Å². The number of carbonyl (C=O) groups is 2. The van der Waals surface area contributed by atoms with E-state index in [9.17, 15) is 9.59 Å². The second-order valence-electron chi connectivity index (χ2n) is 2.98. The average molecular weight is 196 g/mol. The smallest absolute Gasteiger partial charge is 0.311 e. The first-order valence-electron chi connectivity index (χ1n) is 4.34. The average Bonchev–Trinajstić information content (AvgIpc) is 2.45. The van der Waals surface area contributed by atoms with Crippen LogP contribution in [0.1, 0.15) is 29.5 Å². The molecule has 5 nitrogen and oxygen atoms in total. The van der Waals surface area contributed by atoms with Crippen molar-refractivity contribution < 1.29 is 14.7 Å². The summed E-state index contributed by atoms with van der Waals surface area (Å²) < 4.78 is 1.51. The minimum Gasteiger partial charge on any atom is -0.481 e. The SMILES string of the molecule is CCn1nc(C)cc1C(=O)CC(=O)O. The van der Waals surface area contributed by atoms with Gasteiger partial charge >= 0.3 is 5.97 Å². The predicted octanol–water partition coefficient (Wildman–Crippen LogP) is 0.869. The fourth-order valence-electron chi connectivity index (χ4n) is 1.24. The number of aromatic nitrogens is 2. The third-order valence-corrected chi connectivity index (χ3v) is 1.80. The zero-order valence-electron chi connectivity index (χ0n) is 8.15. The Morgan fingerprint density at radius 1 is 1.57 bits per heavy atom. The highest BCUT2D eigenvalue weighted by molar-refractivity contribution is 6.04. The van der Waals surface area contributed by atoms with E-state index in [0.29, 0.717) is 12.2 Å². The number of aliphatic carboxylic acids is 1. The number of aryl methyl sites for hydroxylation is 2. The van der Waals surface area contributed by atoms with Crippen molar-refractivity contribution in [1.29, 1.82) is 0 Å². The molecule has 0 saturated heterocycles. The summed E-state index contributed by atoms with van der Waals surface area (Å²) in [5.41, 5.74) is 1.09.